The Balaban J connectivity index is 1.84. The summed E-state index contributed by atoms with van der Waals surface area (Å²) >= 11 is 0. The van der Waals surface area contributed by atoms with Crippen molar-refractivity contribution < 1.29 is 0 Å². The van der Waals surface area contributed by atoms with Gasteiger partial charge in [-0.15, -0.1) is 0 Å². The minimum Gasteiger partial charge on any atom is -0.342 e. The maximum Gasteiger partial charge on any atom is 0.203 e. The lowest BCUT2D eigenvalue weighted by Gasteiger charge is -2.23. The van der Waals surface area contributed by atoms with Gasteiger partial charge in [-0.3, -0.25) is 0 Å². The Bertz CT molecular complexity index is 514. The van der Waals surface area contributed by atoms with Crippen LogP contribution in [0, 0.1) is 5.41 Å². The first-order valence-corrected chi connectivity index (χ1v) is 6.54. The van der Waals surface area contributed by atoms with E-state index in [1.165, 1.54) is 6.42 Å². The summed E-state index contributed by atoms with van der Waals surface area (Å²) in [5.41, 5.74) is 2.53. The summed E-state index contributed by atoms with van der Waals surface area (Å²) < 4.78 is 0. The van der Waals surface area contributed by atoms with Crippen molar-refractivity contribution in [3.05, 3.63) is 24.3 Å². The Morgan fingerprint density at radius 3 is 3.06 bits per heavy atom. The van der Waals surface area contributed by atoms with E-state index in [0.717, 1.165) is 36.6 Å². The first-order chi connectivity index (χ1) is 8.70. The lowest BCUT2D eigenvalue weighted by Crippen LogP contribution is -2.33. The van der Waals surface area contributed by atoms with Gasteiger partial charge in [-0.1, -0.05) is 19.1 Å². The van der Waals surface area contributed by atoms with Crippen molar-refractivity contribution in [3.8, 4) is 0 Å². The predicted octanol–water partition coefficient (Wildman–Crippen LogP) is 2.00. The lowest BCUT2D eigenvalue weighted by atomic mass is 9.90. The van der Waals surface area contributed by atoms with E-state index < -0.39 is 0 Å². The molecule has 0 saturated carbocycles. The van der Waals surface area contributed by atoms with Crippen molar-refractivity contribution in [1.82, 2.24) is 15.3 Å². The molecule has 2 aromatic rings. The molecule has 0 aliphatic carbocycles. The molecule has 1 fully saturated rings. The molecular formula is C14H20N4. The SMILES string of the molecule is CNCC1(C)CCN(c2nc3ccccc3[nH]2)C1. The largest absolute Gasteiger partial charge is 0.342 e. The number of hydrogen-bond donors (Lipinski definition) is 2. The molecule has 1 aromatic heterocycles. The summed E-state index contributed by atoms with van der Waals surface area (Å²) in [5.74, 6) is 1.01. The van der Waals surface area contributed by atoms with Crippen LogP contribution in [0.1, 0.15) is 13.3 Å². The fourth-order valence-electron chi connectivity index (χ4n) is 2.86. The fraction of sp³-hybridized carbons (Fsp3) is 0.500. The van der Waals surface area contributed by atoms with Crippen LogP contribution in [-0.2, 0) is 0 Å². The van der Waals surface area contributed by atoms with Crippen LogP contribution >= 0.6 is 0 Å². The van der Waals surface area contributed by atoms with E-state index >= 15 is 0 Å². The average Bonchev–Trinajstić information content (AvgIpc) is 2.93. The van der Waals surface area contributed by atoms with Crippen molar-refractivity contribution in [2.75, 3.05) is 31.6 Å². The lowest BCUT2D eigenvalue weighted by molar-refractivity contribution is 0.355. The van der Waals surface area contributed by atoms with Crippen molar-refractivity contribution in [1.29, 1.82) is 0 Å². The van der Waals surface area contributed by atoms with E-state index in [4.69, 9.17) is 0 Å². The molecule has 3 rings (SSSR count). The molecule has 2 heterocycles. The molecule has 4 heteroatoms. The molecule has 0 amide bonds. The highest BCUT2D eigenvalue weighted by atomic mass is 15.3. The minimum atomic E-state index is 0.355. The summed E-state index contributed by atoms with van der Waals surface area (Å²) in [5, 5.41) is 3.29. The Hall–Kier alpha value is -1.55. The maximum absolute atomic E-state index is 4.67. The van der Waals surface area contributed by atoms with Crippen LogP contribution in [0.25, 0.3) is 11.0 Å². The van der Waals surface area contributed by atoms with Gasteiger partial charge in [0.2, 0.25) is 5.95 Å². The van der Waals surface area contributed by atoms with Gasteiger partial charge in [-0.05, 0) is 31.0 Å². The number of benzene rings is 1. The van der Waals surface area contributed by atoms with Crippen molar-refractivity contribution >= 4 is 17.0 Å². The number of aromatic nitrogens is 2. The topological polar surface area (TPSA) is 44.0 Å². The molecule has 1 saturated heterocycles. The minimum absolute atomic E-state index is 0.355. The molecule has 0 bridgehead atoms. The molecular weight excluding hydrogens is 224 g/mol. The normalized spacial score (nSPS) is 24.0. The second kappa shape index (κ2) is 4.28. The Kier molecular flexibility index (Phi) is 2.74. The molecule has 4 nitrogen and oxygen atoms in total. The molecule has 0 radical (unpaired) electrons. The van der Waals surface area contributed by atoms with Gasteiger partial charge in [0.1, 0.15) is 0 Å². The number of anilines is 1. The van der Waals surface area contributed by atoms with Gasteiger partial charge in [0.05, 0.1) is 11.0 Å². The van der Waals surface area contributed by atoms with Crippen molar-refractivity contribution in [2.24, 2.45) is 5.41 Å². The van der Waals surface area contributed by atoms with Gasteiger partial charge in [0.15, 0.2) is 0 Å². The molecule has 1 aliphatic heterocycles. The monoisotopic (exact) mass is 244 g/mol. The summed E-state index contributed by atoms with van der Waals surface area (Å²) in [6, 6.07) is 8.20. The molecule has 18 heavy (non-hydrogen) atoms. The molecule has 0 spiro atoms. The van der Waals surface area contributed by atoms with Gasteiger partial charge in [0, 0.05) is 19.6 Å². The number of para-hydroxylation sites is 2. The third kappa shape index (κ3) is 1.97. The number of nitrogens with zero attached hydrogens (tertiary/aromatic N) is 2. The predicted molar refractivity (Wildman–Crippen MR) is 75.0 cm³/mol. The third-order valence-corrected chi connectivity index (χ3v) is 3.84. The molecule has 1 atom stereocenters. The summed E-state index contributed by atoms with van der Waals surface area (Å²) in [6.07, 6.45) is 1.21. The van der Waals surface area contributed by atoms with Crippen LogP contribution in [0.15, 0.2) is 24.3 Å². The van der Waals surface area contributed by atoms with E-state index in [2.05, 4.69) is 39.2 Å². The number of hydrogen-bond acceptors (Lipinski definition) is 3. The summed E-state index contributed by atoms with van der Waals surface area (Å²) in [7, 11) is 2.02. The summed E-state index contributed by atoms with van der Waals surface area (Å²) in [6.45, 7) is 5.54. The van der Waals surface area contributed by atoms with Gasteiger partial charge in [-0.2, -0.15) is 0 Å². The highest BCUT2D eigenvalue weighted by molar-refractivity contribution is 5.77. The van der Waals surface area contributed by atoms with Gasteiger partial charge in [-0.25, -0.2) is 4.98 Å². The number of rotatable bonds is 3. The number of H-pyrrole nitrogens is 1. The number of aromatic amines is 1. The molecule has 2 N–H and O–H groups in total. The zero-order chi connectivity index (χ0) is 12.6. The van der Waals surface area contributed by atoms with E-state index in [-0.39, 0.29) is 0 Å². The van der Waals surface area contributed by atoms with Crippen LogP contribution in [0.3, 0.4) is 0 Å². The van der Waals surface area contributed by atoms with Crippen LogP contribution in [-0.4, -0.2) is 36.6 Å². The zero-order valence-corrected chi connectivity index (χ0v) is 11.0. The van der Waals surface area contributed by atoms with E-state index in [0.29, 0.717) is 5.41 Å². The number of fused-ring (bicyclic) bond motifs is 1. The Morgan fingerprint density at radius 1 is 1.44 bits per heavy atom. The quantitative estimate of drug-likeness (QED) is 0.868. The summed E-state index contributed by atoms with van der Waals surface area (Å²) in [4.78, 5) is 10.4. The molecule has 1 aromatic carbocycles. The highest BCUT2D eigenvalue weighted by Gasteiger charge is 2.34. The van der Waals surface area contributed by atoms with Crippen LogP contribution in [0.5, 0.6) is 0 Å². The van der Waals surface area contributed by atoms with Crippen molar-refractivity contribution in [2.45, 2.75) is 13.3 Å². The molecule has 1 unspecified atom stereocenters. The van der Waals surface area contributed by atoms with E-state index in [1.54, 1.807) is 0 Å². The van der Waals surface area contributed by atoms with Crippen molar-refractivity contribution in [3.63, 3.8) is 0 Å². The average molecular weight is 244 g/mol. The third-order valence-electron chi connectivity index (χ3n) is 3.84. The van der Waals surface area contributed by atoms with Gasteiger partial charge in [0.25, 0.3) is 0 Å². The molecule has 96 valence electrons. The van der Waals surface area contributed by atoms with Crippen LogP contribution in [0.2, 0.25) is 0 Å². The van der Waals surface area contributed by atoms with Gasteiger partial charge >= 0.3 is 0 Å². The smallest absolute Gasteiger partial charge is 0.203 e. The first-order valence-electron chi connectivity index (χ1n) is 6.54. The first kappa shape index (κ1) is 11.5. The second-order valence-corrected chi connectivity index (χ2v) is 5.59. The standard InChI is InChI=1S/C14H20N4/c1-14(9-15-2)7-8-18(10-14)13-16-11-5-3-4-6-12(11)17-13/h3-6,15H,7-10H2,1-2H3,(H,16,17). The number of imidazole rings is 1. The van der Waals surface area contributed by atoms with Crippen LogP contribution in [0.4, 0.5) is 5.95 Å². The fourth-order valence-corrected chi connectivity index (χ4v) is 2.86. The van der Waals surface area contributed by atoms with Crippen LogP contribution < -0.4 is 10.2 Å². The second-order valence-electron chi connectivity index (χ2n) is 5.59. The Morgan fingerprint density at radius 2 is 2.28 bits per heavy atom. The maximum atomic E-state index is 4.67. The zero-order valence-electron chi connectivity index (χ0n) is 11.0. The highest BCUT2D eigenvalue weighted by Crippen LogP contribution is 2.32. The van der Waals surface area contributed by atoms with E-state index in [1.807, 2.05) is 19.2 Å². The van der Waals surface area contributed by atoms with E-state index in [9.17, 15) is 0 Å². The molecule has 1 aliphatic rings. The number of nitrogens with one attached hydrogen (secondary N) is 2. The Labute approximate surface area is 107 Å². The van der Waals surface area contributed by atoms with Gasteiger partial charge < -0.3 is 15.2 Å².